The van der Waals surface area contributed by atoms with Crippen LogP contribution in [0.4, 0.5) is 10.1 Å². The molecule has 0 unspecified atom stereocenters. The molecule has 31 heavy (non-hydrogen) atoms. The maximum Gasteiger partial charge on any atom is 0.313 e. The molecule has 0 aromatic heterocycles. The third-order valence-corrected chi connectivity index (χ3v) is 7.36. The molecule has 1 aromatic carbocycles. The first-order valence-corrected chi connectivity index (χ1v) is 11.4. The van der Waals surface area contributed by atoms with Crippen LogP contribution in [0.1, 0.15) is 38.7 Å². The van der Waals surface area contributed by atoms with Crippen molar-refractivity contribution in [2.24, 2.45) is 5.73 Å². The van der Waals surface area contributed by atoms with Gasteiger partial charge in [0.05, 0.1) is 5.69 Å². The van der Waals surface area contributed by atoms with E-state index in [9.17, 15) is 17.6 Å². The molecule has 2 heterocycles. The largest absolute Gasteiger partial charge is 0.460 e. The second-order valence-electron chi connectivity index (χ2n) is 7.47. The number of nitrogens with zero attached hydrogens (tertiary/aromatic N) is 3. The van der Waals surface area contributed by atoms with Crippen molar-refractivity contribution in [1.29, 1.82) is 5.41 Å². The summed E-state index contributed by atoms with van der Waals surface area (Å²) in [5.41, 5.74) is 5.72. The second-order valence-corrected chi connectivity index (χ2v) is 9.39. The molecular formula is C20H32FN5O4S. The molecule has 0 amide bonds. The minimum absolute atomic E-state index is 0. The Labute approximate surface area is 183 Å². The lowest BCUT2D eigenvalue weighted by atomic mass is 10.1. The van der Waals surface area contributed by atoms with E-state index < -0.39 is 22.0 Å². The molecule has 2 aliphatic heterocycles. The van der Waals surface area contributed by atoms with Crippen molar-refractivity contribution in [2.75, 3.05) is 44.2 Å². The summed E-state index contributed by atoms with van der Waals surface area (Å²) in [5, 5.41) is 7.09. The van der Waals surface area contributed by atoms with Crippen LogP contribution in [0.2, 0.25) is 0 Å². The number of esters is 1. The Hall–Kier alpha value is -2.24. The summed E-state index contributed by atoms with van der Waals surface area (Å²) in [6, 6.07) is 4.82. The average molecular weight is 458 g/mol. The van der Waals surface area contributed by atoms with Crippen LogP contribution in [0.25, 0.3) is 0 Å². The molecule has 2 saturated heterocycles. The number of benzene rings is 1. The lowest BCUT2D eigenvalue weighted by molar-refractivity contribution is -0.143. The van der Waals surface area contributed by atoms with Gasteiger partial charge in [-0.05, 0) is 18.9 Å². The summed E-state index contributed by atoms with van der Waals surface area (Å²) in [5.74, 6) is -1.50. The number of ether oxygens (including phenoxy) is 1. The van der Waals surface area contributed by atoms with Gasteiger partial charge in [0, 0.05) is 44.8 Å². The molecule has 2 fully saturated rings. The number of piperazine rings is 1. The molecular weight excluding hydrogens is 425 g/mol. The highest BCUT2D eigenvalue weighted by Gasteiger charge is 2.33. The fourth-order valence-corrected chi connectivity index (χ4v) is 5.38. The molecule has 2 aliphatic rings. The number of nitrogens with two attached hydrogens (primary N) is 1. The van der Waals surface area contributed by atoms with Gasteiger partial charge in [0.2, 0.25) is 0 Å². The molecule has 174 valence electrons. The summed E-state index contributed by atoms with van der Waals surface area (Å²) < 4.78 is 48.6. The van der Waals surface area contributed by atoms with Crippen molar-refractivity contribution in [3.63, 3.8) is 0 Å². The highest BCUT2D eigenvalue weighted by Crippen LogP contribution is 2.26. The third-order valence-electron chi connectivity index (χ3n) is 5.33. The van der Waals surface area contributed by atoms with Crippen LogP contribution < -0.4 is 10.6 Å². The predicted octanol–water partition coefficient (Wildman–Crippen LogP) is 1.68. The van der Waals surface area contributed by atoms with E-state index in [1.807, 2.05) is 0 Å². The molecule has 0 radical (unpaired) electrons. The smallest absolute Gasteiger partial charge is 0.313 e. The molecule has 0 aliphatic carbocycles. The Morgan fingerprint density at radius 3 is 2.29 bits per heavy atom. The van der Waals surface area contributed by atoms with Gasteiger partial charge in [-0.15, -0.1) is 0 Å². The van der Waals surface area contributed by atoms with Crippen LogP contribution in [0.15, 0.2) is 18.2 Å². The zero-order valence-corrected chi connectivity index (χ0v) is 17.7. The summed E-state index contributed by atoms with van der Waals surface area (Å²) in [4.78, 5) is 13.3. The van der Waals surface area contributed by atoms with E-state index in [1.165, 1.54) is 10.4 Å². The first kappa shape index (κ1) is 25.0. The topological polar surface area (TPSA) is 120 Å². The van der Waals surface area contributed by atoms with Gasteiger partial charge in [0.25, 0.3) is 10.2 Å². The van der Waals surface area contributed by atoms with E-state index in [4.69, 9.17) is 15.9 Å². The minimum Gasteiger partial charge on any atom is -0.460 e. The van der Waals surface area contributed by atoms with Gasteiger partial charge in [0.15, 0.2) is 5.82 Å². The molecule has 3 rings (SSSR count). The van der Waals surface area contributed by atoms with Gasteiger partial charge in [-0.1, -0.05) is 26.0 Å². The summed E-state index contributed by atoms with van der Waals surface area (Å²) in [7, 11) is -3.48. The van der Waals surface area contributed by atoms with Crippen molar-refractivity contribution >= 4 is 27.7 Å². The lowest BCUT2D eigenvalue weighted by Gasteiger charge is -2.38. The first-order valence-electron chi connectivity index (χ1n) is 10.0. The molecule has 0 saturated carbocycles. The Morgan fingerprint density at radius 2 is 1.68 bits per heavy atom. The zero-order valence-electron chi connectivity index (χ0n) is 16.8. The standard InChI is InChI=1S/C19H28FN5O4S.CH4/c20-19-15(14-29-18(26)13-17(21)22)5-4-6-16(19)23-9-11-25(12-10-23)30(27,28)24-7-2-1-3-8-24;/h4-6H,1-3,7-14H2,(H3,21,22);1H4. The van der Waals surface area contributed by atoms with Crippen LogP contribution in [0.5, 0.6) is 0 Å². The van der Waals surface area contributed by atoms with Gasteiger partial charge >= 0.3 is 5.97 Å². The van der Waals surface area contributed by atoms with E-state index in [0.29, 0.717) is 31.9 Å². The second kappa shape index (κ2) is 10.9. The number of nitrogens with one attached hydrogen (secondary N) is 1. The molecule has 11 heteroatoms. The summed E-state index contributed by atoms with van der Waals surface area (Å²) in [6.07, 6.45) is 2.48. The van der Waals surface area contributed by atoms with Crippen molar-refractivity contribution < 1.29 is 22.3 Å². The maximum absolute atomic E-state index is 15.0. The Balaban J connectivity index is 0.00000341. The fourth-order valence-electron chi connectivity index (χ4n) is 3.71. The van der Waals surface area contributed by atoms with Crippen molar-refractivity contribution in [2.45, 2.75) is 39.7 Å². The molecule has 0 spiro atoms. The van der Waals surface area contributed by atoms with Gasteiger partial charge in [-0.25, -0.2) is 4.39 Å². The normalized spacial score (nSPS) is 18.3. The number of halogens is 1. The number of hydrogen-bond donors (Lipinski definition) is 2. The van der Waals surface area contributed by atoms with Crippen molar-refractivity contribution in [3.8, 4) is 0 Å². The lowest BCUT2D eigenvalue weighted by Crippen LogP contribution is -2.54. The molecule has 3 N–H and O–H groups in total. The number of rotatable bonds is 7. The van der Waals surface area contributed by atoms with Gasteiger partial charge in [-0.2, -0.15) is 17.0 Å². The summed E-state index contributed by atoms with van der Waals surface area (Å²) >= 11 is 0. The third kappa shape index (κ3) is 6.14. The van der Waals surface area contributed by atoms with E-state index >= 15 is 0 Å². The fraction of sp³-hybridized carbons (Fsp3) is 0.600. The first-order chi connectivity index (χ1) is 14.3. The number of amidine groups is 1. The van der Waals surface area contributed by atoms with Gasteiger partial charge in [-0.3, -0.25) is 10.2 Å². The van der Waals surface area contributed by atoms with Crippen LogP contribution >= 0.6 is 0 Å². The minimum atomic E-state index is -3.48. The van der Waals surface area contributed by atoms with Crippen LogP contribution in [0, 0.1) is 11.2 Å². The maximum atomic E-state index is 15.0. The Kier molecular flexibility index (Phi) is 8.78. The number of anilines is 1. The van der Waals surface area contributed by atoms with Crippen LogP contribution in [-0.2, 0) is 26.3 Å². The Bertz CT molecular complexity index is 882. The van der Waals surface area contributed by atoms with E-state index in [2.05, 4.69) is 0 Å². The quantitative estimate of drug-likeness (QED) is 0.365. The molecule has 0 atom stereocenters. The number of piperidine rings is 1. The highest BCUT2D eigenvalue weighted by molar-refractivity contribution is 7.86. The molecule has 0 bridgehead atoms. The summed E-state index contributed by atoms with van der Waals surface area (Å²) in [6.45, 7) is 2.18. The van der Waals surface area contributed by atoms with E-state index in [-0.39, 0.29) is 44.9 Å². The van der Waals surface area contributed by atoms with Gasteiger partial charge < -0.3 is 15.4 Å². The van der Waals surface area contributed by atoms with E-state index in [1.54, 1.807) is 21.3 Å². The highest BCUT2D eigenvalue weighted by atomic mass is 32.2. The predicted molar refractivity (Wildman–Crippen MR) is 118 cm³/mol. The van der Waals surface area contributed by atoms with Crippen LogP contribution in [-0.4, -0.2) is 68.1 Å². The average Bonchev–Trinajstić information content (AvgIpc) is 2.73. The molecule has 1 aromatic rings. The van der Waals surface area contributed by atoms with Crippen molar-refractivity contribution in [3.05, 3.63) is 29.6 Å². The van der Waals surface area contributed by atoms with Crippen LogP contribution in [0.3, 0.4) is 0 Å². The number of carbonyl (C=O) groups is 1. The molecule has 9 nitrogen and oxygen atoms in total. The zero-order chi connectivity index (χ0) is 21.7. The van der Waals surface area contributed by atoms with Crippen molar-refractivity contribution in [1.82, 2.24) is 8.61 Å². The monoisotopic (exact) mass is 457 g/mol. The number of carbonyl (C=O) groups excluding carboxylic acids is 1. The van der Waals surface area contributed by atoms with E-state index in [0.717, 1.165) is 19.3 Å². The van der Waals surface area contributed by atoms with Gasteiger partial charge in [0.1, 0.15) is 18.9 Å². The SMILES string of the molecule is C.N=C(N)CC(=O)OCc1cccc(N2CCN(S(=O)(=O)N3CCCCC3)CC2)c1F. The Morgan fingerprint density at radius 1 is 1.06 bits per heavy atom. The number of hydrogen-bond acceptors (Lipinski definition) is 6.